The van der Waals surface area contributed by atoms with Crippen molar-refractivity contribution in [1.29, 1.82) is 0 Å². The molecule has 0 spiro atoms. The van der Waals surface area contributed by atoms with Gasteiger partial charge in [-0.05, 0) is 32.0 Å². The fraction of sp³-hybridized carbons (Fsp3) is 0.467. The van der Waals surface area contributed by atoms with Gasteiger partial charge in [-0.2, -0.15) is 0 Å². The molecule has 2 amide bonds. The van der Waals surface area contributed by atoms with Crippen LogP contribution >= 0.6 is 0 Å². The van der Waals surface area contributed by atoms with E-state index >= 15 is 0 Å². The topological polar surface area (TPSA) is 79.9 Å². The molecule has 0 bridgehead atoms. The SMILES string of the molecule is CN(CC(=O)Nc1ccc2c(c1)OC(F)(F)O2)CC(=O)NC1CC1. The van der Waals surface area contributed by atoms with Gasteiger partial charge < -0.3 is 20.1 Å². The van der Waals surface area contributed by atoms with E-state index in [-0.39, 0.29) is 42.4 Å². The zero-order valence-electron chi connectivity index (χ0n) is 13.0. The quantitative estimate of drug-likeness (QED) is 0.812. The number of likely N-dealkylation sites (N-methyl/N-ethyl adjacent to an activating group) is 1. The summed E-state index contributed by atoms with van der Waals surface area (Å²) in [6.45, 7) is 0.0972. The van der Waals surface area contributed by atoms with Gasteiger partial charge in [-0.25, -0.2) is 0 Å². The number of carbonyl (C=O) groups is 2. The number of hydrogen-bond acceptors (Lipinski definition) is 5. The number of anilines is 1. The summed E-state index contributed by atoms with van der Waals surface area (Å²) in [5.41, 5.74) is 0.302. The lowest BCUT2D eigenvalue weighted by atomic mass is 10.2. The smallest absolute Gasteiger partial charge is 0.395 e. The van der Waals surface area contributed by atoms with Crippen molar-refractivity contribution in [2.24, 2.45) is 0 Å². The molecule has 0 unspecified atom stereocenters. The third-order valence-electron chi connectivity index (χ3n) is 3.45. The monoisotopic (exact) mass is 341 g/mol. The van der Waals surface area contributed by atoms with Gasteiger partial charge in [0.25, 0.3) is 0 Å². The molecule has 0 aromatic heterocycles. The van der Waals surface area contributed by atoms with E-state index in [1.54, 1.807) is 11.9 Å². The lowest BCUT2D eigenvalue weighted by molar-refractivity contribution is -0.286. The average Bonchev–Trinajstić information content (AvgIpc) is 3.18. The fourth-order valence-corrected chi connectivity index (χ4v) is 2.27. The number of alkyl halides is 2. The van der Waals surface area contributed by atoms with E-state index in [1.165, 1.54) is 18.2 Å². The molecule has 9 heteroatoms. The molecule has 0 radical (unpaired) electrons. The Morgan fingerprint density at radius 2 is 1.88 bits per heavy atom. The van der Waals surface area contributed by atoms with Gasteiger partial charge in [-0.15, -0.1) is 8.78 Å². The lowest BCUT2D eigenvalue weighted by Gasteiger charge is -2.16. The predicted molar refractivity (Wildman–Crippen MR) is 79.9 cm³/mol. The maximum absolute atomic E-state index is 12.9. The van der Waals surface area contributed by atoms with Crippen molar-refractivity contribution in [3.05, 3.63) is 18.2 Å². The average molecular weight is 341 g/mol. The van der Waals surface area contributed by atoms with Crippen molar-refractivity contribution >= 4 is 17.5 Å². The molecule has 3 rings (SSSR count). The highest BCUT2D eigenvalue weighted by atomic mass is 19.3. The summed E-state index contributed by atoms with van der Waals surface area (Å²) in [7, 11) is 1.65. The fourth-order valence-electron chi connectivity index (χ4n) is 2.27. The van der Waals surface area contributed by atoms with E-state index < -0.39 is 6.29 Å². The van der Waals surface area contributed by atoms with Crippen molar-refractivity contribution in [3.63, 3.8) is 0 Å². The standard InChI is InChI=1S/C15H17F2N3O4/c1-20(7-13(21)18-9-2-3-9)8-14(22)19-10-4-5-11-12(6-10)24-15(16,17)23-11/h4-6,9H,2-3,7-8H2,1H3,(H,18,21)(H,19,22). The zero-order valence-corrected chi connectivity index (χ0v) is 13.0. The summed E-state index contributed by atoms with van der Waals surface area (Å²) in [5.74, 6) is -0.734. The summed E-state index contributed by atoms with van der Waals surface area (Å²) < 4.78 is 34.5. The number of fused-ring (bicyclic) bond motifs is 1. The number of benzene rings is 1. The van der Waals surface area contributed by atoms with Crippen LogP contribution in [0, 0.1) is 0 Å². The highest BCUT2D eigenvalue weighted by Crippen LogP contribution is 2.42. The van der Waals surface area contributed by atoms with Crippen LogP contribution in [0.3, 0.4) is 0 Å². The summed E-state index contributed by atoms with van der Waals surface area (Å²) in [5, 5.41) is 5.39. The minimum Gasteiger partial charge on any atom is -0.395 e. The second-order valence-corrected chi connectivity index (χ2v) is 5.89. The molecule has 0 saturated heterocycles. The van der Waals surface area contributed by atoms with Gasteiger partial charge in [0.1, 0.15) is 0 Å². The van der Waals surface area contributed by atoms with E-state index in [4.69, 9.17) is 0 Å². The molecular formula is C15H17F2N3O4. The minimum absolute atomic E-state index is 0.0112. The number of carbonyl (C=O) groups excluding carboxylic acids is 2. The summed E-state index contributed by atoms with van der Waals surface area (Å²) >= 11 is 0. The minimum atomic E-state index is -3.69. The van der Waals surface area contributed by atoms with Crippen molar-refractivity contribution in [3.8, 4) is 11.5 Å². The van der Waals surface area contributed by atoms with Gasteiger partial charge in [-0.1, -0.05) is 0 Å². The maximum atomic E-state index is 12.9. The van der Waals surface area contributed by atoms with E-state index in [9.17, 15) is 18.4 Å². The molecule has 1 aromatic rings. The van der Waals surface area contributed by atoms with Crippen molar-refractivity contribution in [2.45, 2.75) is 25.2 Å². The van der Waals surface area contributed by atoms with Crippen LogP contribution in [-0.4, -0.2) is 49.2 Å². The second kappa shape index (κ2) is 6.23. The second-order valence-electron chi connectivity index (χ2n) is 5.89. The number of nitrogens with one attached hydrogen (secondary N) is 2. The van der Waals surface area contributed by atoms with E-state index in [0.29, 0.717) is 5.69 Å². The van der Waals surface area contributed by atoms with Crippen LogP contribution in [0.5, 0.6) is 11.5 Å². The molecule has 1 aliphatic carbocycles. The highest BCUT2D eigenvalue weighted by molar-refractivity contribution is 5.93. The Balaban J connectivity index is 1.49. The summed E-state index contributed by atoms with van der Waals surface area (Å²) in [4.78, 5) is 25.2. The van der Waals surface area contributed by atoms with E-state index in [1.807, 2.05) is 0 Å². The van der Waals surface area contributed by atoms with Gasteiger partial charge >= 0.3 is 6.29 Å². The molecule has 2 N–H and O–H groups in total. The van der Waals surface area contributed by atoms with Crippen LogP contribution in [0.15, 0.2) is 18.2 Å². The number of ether oxygens (including phenoxy) is 2. The van der Waals surface area contributed by atoms with Gasteiger partial charge in [0.15, 0.2) is 11.5 Å². The first-order chi connectivity index (χ1) is 11.3. The highest BCUT2D eigenvalue weighted by Gasteiger charge is 2.43. The van der Waals surface area contributed by atoms with Crippen LogP contribution in [-0.2, 0) is 9.59 Å². The van der Waals surface area contributed by atoms with E-state index in [2.05, 4.69) is 20.1 Å². The van der Waals surface area contributed by atoms with Crippen LogP contribution < -0.4 is 20.1 Å². The van der Waals surface area contributed by atoms with Gasteiger partial charge in [0, 0.05) is 17.8 Å². The van der Waals surface area contributed by atoms with Crippen molar-refractivity contribution < 1.29 is 27.8 Å². The molecule has 1 fully saturated rings. The summed E-state index contributed by atoms with van der Waals surface area (Å²) in [6, 6.07) is 4.25. The molecule has 1 saturated carbocycles. The Bertz CT molecular complexity index is 664. The zero-order chi connectivity index (χ0) is 17.3. The van der Waals surface area contributed by atoms with Gasteiger partial charge in [0.2, 0.25) is 11.8 Å². The predicted octanol–water partition coefficient (Wildman–Crippen LogP) is 1.16. The Morgan fingerprint density at radius 3 is 2.58 bits per heavy atom. The molecule has 2 aliphatic rings. The number of amides is 2. The molecule has 0 atom stereocenters. The Labute approximate surface area is 136 Å². The number of nitrogens with zero attached hydrogens (tertiary/aromatic N) is 1. The molecule has 1 aromatic carbocycles. The Hall–Kier alpha value is -2.42. The number of hydrogen-bond donors (Lipinski definition) is 2. The molecule has 1 aliphatic heterocycles. The van der Waals surface area contributed by atoms with Crippen molar-refractivity contribution in [1.82, 2.24) is 10.2 Å². The maximum Gasteiger partial charge on any atom is 0.586 e. The lowest BCUT2D eigenvalue weighted by Crippen LogP contribution is -2.39. The normalized spacial score (nSPS) is 17.7. The van der Waals surface area contributed by atoms with Gasteiger partial charge in [0.05, 0.1) is 13.1 Å². The number of rotatable bonds is 6. The molecular weight excluding hydrogens is 324 g/mol. The molecule has 1 heterocycles. The summed E-state index contributed by atoms with van der Waals surface area (Å²) in [6.07, 6.45) is -1.70. The number of halogens is 2. The molecule has 130 valence electrons. The Kier molecular flexibility index (Phi) is 4.27. The van der Waals surface area contributed by atoms with Gasteiger partial charge in [-0.3, -0.25) is 14.5 Å². The third-order valence-corrected chi connectivity index (χ3v) is 3.45. The molecule has 7 nitrogen and oxygen atoms in total. The van der Waals surface area contributed by atoms with Crippen LogP contribution in [0.4, 0.5) is 14.5 Å². The first-order valence-corrected chi connectivity index (χ1v) is 7.48. The van der Waals surface area contributed by atoms with Crippen molar-refractivity contribution in [2.75, 3.05) is 25.5 Å². The molecule has 24 heavy (non-hydrogen) atoms. The van der Waals surface area contributed by atoms with Crippen LogP contribution in [0.2, 0.25) is 0 Å². The third kappa shape index (κ3) is 4.31. The Morgan fingerprint density at radius 1 is 1.21 bits per heavy atom. The first kappa shape index (κ1) is 16.4. The van der Waals surface area contributed by atoms with Crippen LogP contribution in [0.1, 0.15) is 12.8 Å². The first-order valence-electron chi connectivity index (χ1n) is 7.48. The van der Waals surface area contributed by atoms with Crippen LogP contribution in [0.25, 0.3) is 0 Å². The van der Waals surface area contributed by atoms with E-state index in [0.717, 1.165) is 12.8 Å². The largest absolute Gasteiger partial charge is 0.586 e.